The quantitative estimate of drug-likeness (QED) is 0.116. The predicted octanol–water partition coefficient (Wildman–Crippen LogP) is 0.588. The van der Waals surface area contributed by atoms with Crippen molar-refractivity contribution in [3.05, 3.63) is 42.2 Å². The van der Waals surface area contributed by atoms with Crippen LogP contribution in [0.1, 0.15) is 57.6 Å². The van der Waals surface area contributed by atoms with Crippen molar-refractivity contribution in [2.45, 2.75) is 88.2 Å². The van der Waals surface area contributed by atoms with E-state index in [9.17, 15) is 25.5 Å². The molecular weight excluding hydrogens is 568 g/mol. The van der Waals surface area contributed by atoms with Gasteiger partial charge < -0.3 is 41.0 Å². The number of hydrogen-bond acceptors (Lipinski definition) is 12. The number of imidazole rings is 2. The maximum atomic E-state index is 11.1. The van der Waals surface area contributed by atoms with Crippen LogP contribution in [0.15, 0.2) is 30.9 Å². The Bertz CT molecular complexity index is 1610. The third-order valence-electron chi connectivity index (χ3n) is 9.44. The largest absolute Gasteiger partial charge is 0.395 e. The number of aryl methyl sites for hydroxylation is 1. The number of aliphatic hydroxyl groups excluding tert-OH is 4. The molecule has 3 aromatic heterocycles. The molecule has 1 saturated carbocycles. The van der Waals surface area contributed by atoms with E-state index in [4.69, 9.17) is 15.5 Å². The summed E-state index contributed by atoms with van der Waals surface area (Å²) in [7, 11) is 0. The first kappa shape index (κ1) is 30.8. The lowest BCUT2D eigenvalue weighted by Gasteiger charge is -2.49. The molecule has 1 aliphatic carbocycles. The van der Waals surface area contributed by atoms with E-state index >= 15 is 0 Å². The number of nitrogens with zero attached hydrogens (tertiary/aromatic N) is 6. The van der Waals surface area contributed by atoms with Gasteiger partial charge in [0.1, 0.15) is 41.7 Å². The highest BCUT2D eigenvalue weighted by atomic mass is 16.6. The normalized spacial score (nSPS) is 26.2. The predicted molar refractivity (Wildman–Crippen MR) is 161 cm³/mol. The Morgan fingerprint density at radius 1 is 1.09 bits per heavy atom. The summed E-state index contributed by atoms with van der Waals surface area (Å²) in [5.41, 5.74) is 7.37. The van der Waals surface area contributed by atoms with Gasteiger partial charge in [0, 0.05) is 24.4 Å². The highest BCUT2D eigenvalue weighted by molar-refractivity contribution is 5.81. The van der Waals surface area contributed by atoms with Crippen LogP contribution in [0.2, 0.25) is 0 Å². The van der Waals surface area contributed by atoms with E-state index in [1.807, 2.05) is 30.0 Å². The van der Waals surface area contributed by atoms with Gasteiger partial charge in [-0.2, -0.15) is 0 Å². The first-order chi connectivity index (χ1) is 20.9. The van der Waals surface area contributed by atoms with E-state index in [1.54, 1.807) is 18.4 Å². The van der Waals surface area contributed by atoms with Gasteiger partial charge in [0.25, 0.3) is 0 Å². The van der Waals surface area contributed by atoms with Crippen molar-refractivity contribution in [3.8, 4) is 0 Å². The summed E-state index contributed by atoms with van der Waals surface area (Å²) in [5.74, 6) is 1.54. The lowest BCUT2D eigenvalue weighted by molar-refractivity contribution is -0.151. The summed E-state index contributed by atoms with van der Waals surface area (Å²) in [6.45, 7) is 5.19. The van der Waals surface area contributed by atoms with Gasteiger partial charge in [-0.1, -0.05) is 13.0 Å². The molecule has 0 spiro atoms. The Morgan fingerprint density at radius 2 is 1.84 bits per heavy atom. The number of H-pyrrole nitrogens is 1. The molecule has 14 heteroatoms. The fourth-order valence-electron chi connectivity index (χ4n) is 6.50. The Labute approximate surface area is 254 Å². The van der Waals surface area contributed by atoms with Crippen LogP contribution in [0.25, 0.3) is 22.2 Å². The molecule has 0 radical (unpaired) electrons. The Balaban J connectivity index is 1.07. The molecule has 2 aliphatic rings. The van der Waals surface area contributed by atoms with Gasteiger partial charge >= 0.3 is 0 Å². The van der Waals surface area contributed by atoms with Crippen LogP contribution < -0.4 is 5.73 Å². The smallest absolute Gasteiger partial charge is 0.167 e. The third kappa shape index (κ3) is 5.55. The number of nitrogens with two attached hydrogens (primary N) is 1. The van der Waals surface area contributed by atoms with Crippen LogP contribution in [0.5, 0.6) is 0 Å². The summed E-state index contributed by atoms with van der Waals surface area (Å²) in [6.07, 6.45) is 2.13. The molecule has 238 valence electrons. The number of aliphatic hydroxyl groups is 5. The second-order valence-corrected chi connectivity index (χ2v) is 13.1. The fourth-order valence-corrected chi connectivity index (χ4v) is 6.50. The SMILES string of the molecule is CC(CO)(CO)c1ccc2nc(CCC3CC(N(C[C@H]4O[C@@H](n5cnc6c(N)ncnc65)[C@H](O)[C@@H]4O)C(C)(C)O)C3)[nH]c2c1. The van der Waals surface area contributed by atoms with Gasteiger partial charge in [0.05, 0.1) is 30.6 Å². The van der Waals surface area contributed by atoms with E-state index in [1.165, 1.54) is 12.7 Å². The molecular formula is C30H42N8O6. The molecule has 44 heavy (non-hydrogen) atoms. The molecule has 4 atom stereocenters. The number of ether oxygens (including phenoxy) is 1. The third-order valence-corrected chi connectivity index (χ3v) is 9.44. The fraction of sp³-hybridized carbons (Fsp3) is 0.600. The first-order valence-electron chi connectivity index (χ1n) is 15.1. The summed E-state index contributed by atoms with van der Waals surface area (Å²) in [6, 6.07) is 5.84. The van der Waals surface area contributed by atoms with Gasteiger partial charge in [-0.3, -0.25) is 9.47 Å². The number of anilines is 1. The van der Waals surface area contributed by atoms with E-state index in [0.29, 0.717) is 17.1 Å². The van der Waals surface area contributed by atoms with Crippen LogP contribution in [0, 0.1) is 5.92 Å². The van der Waals surface area contributed by atoms with E-state index in [2.05, 4.69) is 19.9 Å². The molecule has 2 fully saturated rings. The van der Waals surface area contributed by atoms with Gasteiger partial charge in [0.15, 0.2) is 17.7 Å². The van der Waals surface area contributed by atoms with Gasteiger partial charge in [0.2, 0.25) is 0 Å². The van der Waals surface area contributed by atoms with Crippen LogP contribution in [-0.4, -0.2) is 110 Å². The highest BCUT2D eigenvalue weighted by Crippen LogP contribution is 2.40. The van der Waals surface area contributed by atoms with Crippen molar-refractivity contribution in [2.75, 3.05) is 25.5 Å². The molecule has 8 N–H and O–H groups in total. The number of aromatic nitrogens is 6. The van der Waals surface area contributed by atoms with Crippen LogP contribution in [0.4, 0.5) is 5.82 Å². The van der Waals surface area contributed by atoms with Gasteiger partial charge in [-0.25, -0.2) is 19.9 Å². The maximum Gasteiger partial charge on any atom is 0.167 e. The average molecular weight is 611 g/mol. The number of hydrogen-bond donors (Lipinski definition) is 7. The molecule has 1 saturated heterocycles. The number of nitrogen functional groups attached to an aromatic ring is 1. The molecule has 0 amide bonds. The zero-order valence-electron chi connectivity index (χ0n) is 25.2. The number of aromatic amines is 1. The van der Waals surface area contributed by atoms with Crippen LogP contribution >= 0.6 is 0 Å². The minimum atomic E-state index is -1.23. The second kappa shape index (κ2) is 11.6. The first-order valence-corrected chi connectivity index (χ1v) is 15.1. The van der Waals surface area contributed by atoms with Crippen molar-refractivity contribution in [1.82, 2.24) is 34.4 Å². The molecule has 0 unspecified atom stereocenters. The standard InChI is InChI=1S/C30H42N8O6/c1-29(2,43)38(11-21-24(41)25(42)28(44-21)37-15-34-23-26(31)32-14-33-27(23)37)18-8-16(9-18)4-7-22-35-19-6-5-17(10-20(19)36-22)30(3,12-39)13-40/h5-6,10,14-16,18,21,24-25,28,39-43H,4,7-9,11-13H2,1-3H3,(H,35,36)(H2,31,32,33)/t16?,18?,21-,24-,25-,28-/m1/s1. The Hall–Kier alpha value is -3.24. The summed E-state index contributed by atoms with van der Waals surface area (Å²) < 4.78 is 7.70. The van der Waals surface area contributed by atoms with Crippen molar-refractivity contribution in [1.29, 1.82) is 0 Å². The zero-order valence-corrected chi connectivity index (χ0v) is 25.2. The average Bonchev–Trinajstić information content (AvgIpc) is 3.66. The van der Waals surface area contributed by atoms with E-state index in [0.717, 1.165) is 48.1 Å². The second-order valence-electron chi connectivity index (χ2n) is 13.1. The van der Waals surface area contributed by atoms with E-state index in [-0.39, 0.29) is 31.6 Å². The van der Waals surface area contributed by atoms with Crippen molar-refractivity contribution < 1.29 is 30.3 Å². The van der Waals surface area contributed by atoms with Gasteiger partial charge in [-0.15, -0.1) is 0 Å². The molecule has 1 aliphatic heterocycles. The van der Waals surface area contributed by atoms with Crippen LogP contribution in [-0.2, 0) is 16.6 Å². The molecule has 14 nitrogen and oxygen atoms in total. The van der Waals surface area contributed by atoms with Crippen molar-refractivity contribution in [2.24, 2.45) is 5.92 Å². The number of nitrogens with one attached hydrogen (secondary N) is 1. The zero-order chi connectivity index (χ0) is 31.4. The van der Waals surface area contributed by atoms with Crippen molar-refractivity contribution in [3.63, 3.8) is 0 Å². The molecule has 0 bridgehead atoms. The van der Waals surface area contributed by atoms with Gasteiger partial charge in [-0.05, 0) is 56.7 Å². The monoisotopic (exact) mass is 610 g/mol. The molecule has 4 heterocycles. The summed E-state index contributed by atoms with van der Waals surface area (Å²) in [5, 5.41) is 52.4. The minimum absolute atomic E-state index is 0.0847. The van der Waals surface area contributed by atoms with Crippen molar-refractivity contribution >= 4 is 28.0 Å². The lowest BCUT2D eigenvalue weighted by atomic mass is 9.76. The summed E-state index contributed by atoms with van der Waals surface area (Å²) in [4.78, 5) is 22.5. The van der Waals surface area contributed by atoms with E-state index < -0.39 is 35.7 Å². The highest BCUT2D eigenvalue weighted by Gasteiger charge is 2.48. The number of rotatable bonds is 11. The summed E-state index contributed by atoms with van der Waals surface area (Å²) >= 11 is 0. The molecule has 6 rings (SSSR count). The topological polar surface area (TPSA) is 212 Å². The molecule has 4 aromatic rings. The number of benzene rings is 1. The lowest BCUT2D eigenvalue weighted by Crippen LogP contribution is -2.58. The maximum absolute atomic E-state index is 11.1. The minimum Gasteiger partial charge on any atom is -0.395 e. The van der Waals surface area contributed by atoms with Crippen LogP contribution in [0.3, 0.4) is 0 Å². The number of fused-ring (bicyclic) bond motifs is 2. The Kier molecular flexibility index (Phi) is 8.11. The Morgan fingerprint density at radius 3 is 2.55 bits per heavy atom. The molecule has 1 aromatic carbocycles.